The number of alkyl halides is 6. The Hall–Kier alpha value is -2.92. The number of amides is 1. The summed E-state index contributed by atoms with van der Waals surface area (Å²) in [5, 5.41) is 5.72. The molecule has 28 heavy (non-hydrogen) atoms. The molecule has 6 nitrogen and oxygen atoms in total. The van der Waals surface area contributed by atoms with Crippen molar-refractivity contribution >= 4 is 11.6 Å². The number of hydrogen-bond donors (Lipinski definition) is 1. The molecule has 1 heterocycles. The van der Waals surface area contributed by atoms with Crippen molar-refractivity contribution in [2.24, 2.45) is 0 Å². The molecule has 1 aromatic carbocycles. The number of benzene rings is 1. The number of methoxy groups -OCH3 is 1. The molecule has 1 aromatic heterocycles. The van der Waals surface area contributed by atoms with Crippen molar-refractivity contribution in [1.29, 1.82) is 0 Å². The van der Waals surface area contributed by atoms with Gasteiger partial charge in [0.25, 0.3) is 12.9 Å². The van der Waals surface area contributed by atoms with E-state index in [1.54, 1.807) is 0 Å². The minimum Gasteiger partial charge on any atom is -0.493 e. The molecule has 0 spiro atoms. The molecule has 1 N–H and O–H groups in total. The average molecular weight is 411 g/mol. The van der Waals surface area contributed by atoms with Gasteiger partial charge < -0.3 is 14.8 Å². The van der Waals surface area contributed by atoms with Gasteiger partial charge in [0.15, 0.2) is 11.5 Å². The van der Waals surface area contributed by atoms with Crippen molar-refractivity contribution in [1.82, 2.24) is 9.78 Å². The molecule has 2 rings (SSSR count). The van der Waals surface area contributed by atoms with Crippen LogP contribution in [0.3, 0.4) is 0 Å². The van der Waals surface area contributed by atoms with Gasteiger partial charge in [-0.3, -0.25) is 9.48 Å². The molecular formula is C16H15F6N3O3. The van der Waals surface area contributed by atoms with E-state index in [2.05, 4.69) is 15.2 Å². The first kappa shape index (κ1) is 21.4. The third-order valence-corrected chi connectivity index (χ3v) is 3.62. The van der Waals surface area contributed by atoms with Crippen molar-refractivity contribution in [3.8, 4) is 11.5 Å². The topological polar surface area (TPSA) is 65.4 Å². The van der Waals surface area contributed by atoms with Crippen LogP contribution in [-0.2, 0) is 4.79 Å². The van der Waals surface area contributed by atoms with E-state index in [9.17, 15) is 31.1 Å². The molecular weight excluding hydrogens is 396 g/mol. The number of ether oxygens (including phenoxy) is 2. The molecule has 1 atom stereocenters. The maximum atomic E-state index is 13.1. The van der Waals surface area contributed by atoms with Gasteiger partial charge in [0, 0.05) is 11.8 Å². The van der Waals surface area contributed by atoms with Crippen molar-refractivity contribution < 1.29 is 40.6 Å². The molecule has 0 fully saturated rings. The van der Waals surface area contributed by atoms with E-state index in [0.29, 0.717) is 10.7 Å². The summed E-state index contributed by atoms with van der Waals surface area (Å²) in [6, 6.07) is 2.66. The van der Waals surface area contributed by atoms with Crippen LogP contribution < -0.4 is 14.8 Å². The van der Waals surface area contributed by atoms with Crippen molar-refractivity contribution in [2.75, 3.05) is 12.4 Å². The molecule has 0 radical (unpaired) electrons. The van der Waals surface area contributed by atoms with E-state index in [1.165, 1.54) is 26.2 Å². The second kappa shape index (κ2) is 8.85. The number of nitrogens with zero attached hydrogens (tertiary/aromatic N) is 2. The van der Waals surface area contributed by atoms with Crippen LogP contribution in [0.1, 0.15) is 37.2 Å². The average Bonchev–Trinajstić information content (AvgIpc) is 3.07. The van der Waals surface area contributed by atoms with Crippen molar-refractivity contribution in [3.05, 3.63) is 35.7 Å². The Morgan fingerprint density at radius 2 is 1.75 bits per heavy atom. The summed E-state index contributed by atoms with van der Waals surface area (Å²) in [5.74, 6) is -1.24. The van der Waals surface area contributed by atoms with Crippen LogP contribution in [-0.4, -0.2) is 29.4 Å². The van der Waals surface area contributed by atoms with Gasteiger partial charge in [0.2, 0.25) is 5.91 Å². The maximum absolute atomic E-state index is 13.1. The van der Waals surface area contributed by atoms with Crippen LogP contribution in [0.4, 0.5) is 32.0 Å². The summed E-state index contributed by atoms with van der Waals surface area (Å²) in [6.07, 6.45) is -6.21. The predicted molar refractivity (Wildman–Crippen MR) is 85.1 cm³/mol. The van der Waals surface area contributed by atoms with Crippen molar-refractivity contribution in [3.63, 3.8) is 0 Å². The number of rotatable bonds is 8. The lowest BCUT2D eigenvalue weighted by molar-refractivity contribution is -0.119. The quantitative estimate of drug-likeness (QED) is 0.647. The Morgan fingerprint density at radius 3 is 2.29 bits per heavy atom. The van der Waals surface area contributed by atoms with E-state index in [4.69, 9.17) is 4.74 Å². The van der Waals surface area contributed by atoms with Crippen LogP contribution in [0, 0.1) is 0 Å². The highest BCUT2D eigenvalue weighted by Gasteiger charge is 2.27. The summed E-state index contributed by atoms with van der Waals surface area (Å²) in [5.41, 5.74) is -1.64. The third-order valence-electron chi connectivity index (χ3n) is 3.62. The van der Waals surface area contributed by atoms with Gasteiger partial charge in [-0.05, 0) is 25.1 Å². The number of aromatic nitrogens is 2. The number of carbonyl (C=O) groups is 1. The van der Waals surface area contributed by atoms with Crippen LogP contribution in [0.15, 0.2) is 24.3 Å². The van der Waals surface area contributed by atoms with E-state index in [1.807, 2.05) is 0 Å². The third kappa shape index (κ3) is 4.87. The number of hydrogen-bond acceptors (Lipinski definition) is 4. The van der Waals surface area contributed by atoms with Gasteiger partial charge in [-0.2, -0.15) is 13.9 Å². The van der Waals surface area contributed by atoms with Crippen molar-refractivity contribution in [2.45, 2.75) is 32.4 Å². The zero-order valence-electron chi connectivity index (χ0n) is 14.5. The lowest BCUT2D eigenvalue weighted by Gasteiger charge is -2.16. The predicted octanol–water partition coefficient (Wildman–Crippen LogP) is 4.57. The number of nitrogens with one attached hydrogen (secondary N) is 1. The number of anilines is 1. The molecule has 12 heteroatoms. The molecule has 2 aromatic rings. The summed E-state index contributed by atoms with van der Waals surface area (Å²) < 4.78 is 85.9. The summed E-state index contributed by atoms with van der Waals surface area (Å²) in [7, 11) is 1.19. The molecule has 0 bridgehead atoms. The van der Waals surface area contributed by atoms with E-state index in [-0.39, 0.29) is 17.2 Å². The molecule has 0 saturated heterocycles. The van der Waals surface area contributed by atoms with Crippen LogP contribution in [0.5, 0.6) is 11.5 Å². The van der Waals surface area contributed by atoms with Gasteiger partial charge in [-0.25, -0.2) is 17.6 Å². The van der Waals surface area contributed by atoms with E-state index < -0.39 is 42.8 Å². The minimum atomic E-state index is -3.12. The Balaban J connectivity index is 2.23. The summed E-state index contributed by atoms with van der Waals surface area (Å²) in [6.45, 7) is -1.90. The number of carbonyl (C=O) groups excluding carboxylic acids is 1. The number of halogens is 6. The first-order chi connectivity index (χ1) is 13.1. The van der Waals surface area contributed by atoms with Crippen LogP contribution in [0.2, 0.25) is 0 Å². The Morgan fingerprint density at radius 1 is 1.07 bits per heavy atom. The standard InChI is InChI=1S/C16H15F6N3O3/c1-7(25-10(14(19)20)6-9(24-25)13(17)18)15(26)23-8-3-4-11(28-16(21)22)12(5-8)27-2/h3-7,13-14,16H,1-2H3,(H,23,26). The smallest absolute Gasteiger partial charge is 0.387 e. The fourth-order valence-electron chi connectivity index (χ4n) is 2.30. The molecule has 0 aliphatic carbocycles. The largest absolute Gasteiger partial charge is 0.493 e. The lowest BCUT2D eigenvalue weighted by Crippen LogP contribution is -2.26. The first-order valence-corrected chi connectivity index (χ1v) is 7.73. The minimum absolute atomic E-state index is 0.0788. The molecule has 154 valence electrons. The molecule has 0 saturated carbocycles. The fraction of sp³-hybridized carbons (Fsp3) is 0.375. The highest BCUT2D eigenvalue weighted by atomic mass is 19.3. The second-order valence-corrected chi connectivity index (χ2v) is 5.45. The van der Waals surface area contributed by atoms with E-state index >= 15 is 0 Å². The van der Waals surface area contributed by atoms with E-state index in [0.717, 1.165) is 6.07 Å². The van der Waals surface area contributed by atoms with Gasteiger partial charge in [-0.15, -0.1) is 0 Å². The fourth-order valence-corrected chi connectivity index (χ4v) is 2.30. The van der Waals surface area contributed by atoms with Crippen LogP contribution >= 0.6 is 0 Å². The van der Waals surface area contributed by atoms with Crippen LogP contribution in [0.25, 0.3) is 0 Å². The zero-order chi connectivity index (χ0) is 21.0. The maximum Gasteiger partial charge on any atom is 0.387 e. The van der Waals surface area contributed by atoms with Gasteiger partial charge in [0.05, 0.1) is 7.11 Å². The second-order valence-electron chi connectivity index (χ2n) is 5.45. The highest BCUT2D eigenvalue weighted by Crippen LogP contribution is 2.32. The molecule has 0 aliphatic heterocycles. The normalized spacial score (nSPS) is 12.5. The lowest BCUT2D eigenvalue weighted by atomic mass is 10.2. The Labute approximate surface area is 155 Å². The summed E-state index contributed by atoms with van der Waals surface area (Å²) in [4.78, 5) is 12.3. The monoisotopic (exact) mass is 411 g/mol. The molecule has 0 aliphatic rings. The Kier molecular flexibility index (Phi) is 6.75. The zero-order valence-corrected chi connectivity index (χ0v) is 14.5. The SMILES string of the molecule is COc1cc(NC(=O)C(C)n2nc(C(F)F)cc2C(F)F)ccc1OC(F)F. The summed E-state index contributed by atoms with van der Waals surface area (Å²) >= 11 is 0. The first-order valence-electron chi connectivity index (χ1n) is 7.73. The molecule has 1 amide bonds. The molecule has 1 unspecified atom stereocenters. The Bertz CT molecular complexity index is 828. The van der Waals surface area contributed by atoms with Gasteiger partial charge in [0.1, 0.15) is 17.4 Å². The van der Waals surface area contributed by atoms with Gasteiger partial charge in [-0.1, -0.05) is 0 Å². The highest BCUT2D eigenvalue weighted by molar-refractivity contribution is 5.93. The van der Waals surface area contributed by atoms with Gasteiger partial charge >= 0.3 is 6.61 Å².